The lowest BCUT2D eigenvalue weighted by atomic mass is 10.3. The topological polar surface area (TPSA) is 9.23 Å². The molecule has 0 N–H and O–H groups in total. The third-order valence-corrected chi connectivity index (χ3v) is 7.66. The average Bonchev–Trinajstić information content (AvgIpc) is 3.01. The van der Waals surface area contributed by atoms with Crippen molar-refractivity contribution in [1.82, 2.24) is 0 Å². The SMILES string of the molecule is Fc1sc(COc2ccc([SH](c3ccccc3)c3ccccc3)cc2)c(F)c1F. The Morgan fingerprint density at radius 2 is 1.17 bits per heavy atom. The number of ether oxygens (including phenoxy) is 1. The molecule has 1 heterocycles. The van der Waals surface area contributed by atoms with Gasteiger partial charge < -0.3 is 4.74 Å². The number of rotatable bonds is 6. The van der Waals surface area contributed by atoms with Crippen LogP contribution < -0.4 is 4.74 Å². The van der Waals surface area contributed by atoms with Gasteiger partial charge in [-0.2, -0.15) is 19.7 Å². The molecule has 4 rings (SSSR count). The predicted molar refractivity (Wildman–Crippen MR) is 112 cm³/mol. The largest absolute Gasteiger partial charge is 0.488 e. The first kappa shape index (κ1) is 19.6. The summed E-state index contributed by atoms with van der Waals surface area (Å²) in [4.78, 5) is 3.51. The van der Waals surface area contributed by atoms with Crippen molar-refractivity contribution in [3.8, 4) is 5.75 Å². The summed E-state index contributed by atoms with van der Waals surface area (Å²) in [6.07, 6.45) is 0. The number of thiophene rings is 1. The number of hydrogen-bond acceptors (Lipinski definition) is 2. The van der Waals surface area contributed by atoms with E-state index in [0.29, 0.717) is 17.1 Å². The van der Waals surface area contributed by atoms with Crippen molar-refractivity contribution < 1.29 is 17.9 Å². The summed E-state index contributed by atoms with van der Waals surface area (Å²) in [6.45, 7) is -0.219. The summed E-state index contributed by atoms with van der Waals surface area (Å²) < 4.78 is 45.4. The molecule has 0 spiro atoms. The fourth-order valence-corrected chi connectivity index (χ4v) is 5.92. The minimum absolute atomic E-state index is 0.0973. The van der Waals surface area contributed by atoms with Crippen molar-refractivity contribution in [1.29, 1.82) is 0 Å². The van der Waals surface area contributed by atoms with Crippen molar-refractivity contribution in [3.63, 3.8) is 0 Å². The van der Waals surface area contributed by atoms with E-state index in [0.717, 1.165) is 4.90 Å². The second kappa shape index (κ2) is 8.76. The average molecular weight is 431 g/mol. The summed E-state index contributed by atoms with van der Waals surface area (Å²) >= 11 is 0.424. The van der Waals surface area contributed by atoms with Gasteiger partial charge in [0.1, 0.15) is 12.4 Å². The van der Waals surface area contributed by atoms with E-state index in [1.54, 1.807) is 12.1 Å². The fourth-order valence-electron chi connectivity index (χ4n) is 2.94. The zero-order valence-corrected chi connectivity index (χ0v) is 16.9. The Morgan fingerprint density at radius 1 is 0.655 bits per heavy atom. The standard InChI is InChI=1S/C23H17F3OS2/c24-21-20(28-23(26)22(21)25)15-27-16-11-13-19(14-12-16)29(17-7-3-1-4-8-17)18-9-5-2-6-10-18/h1-14,29H,15H2. The molecule has 0 bridgehead atoms. The Morgan fingerprint density at radius 3 is 1.66 bits per heavy atom. The van der Waals surface area contributed by atoms with Crippen LogP contribution in [0.1, 0.15) is 4.88 Å². The van der Waals surface area contributed by atoms with Gasteiger partial charge in [-0.15, -0.1) is 11.3 Å². The van der Waals surface area contributed by atoms with E-state index in [2.05, 4.69) is 24.3 Å². The van der Waals surface area contributed by atoms with Crippen molar-refractivity contribution in [2.75, 3.05) is 0 Å². The third-order valence-electron chi connectivity index (χ3n) is 4.32. The van der Waals surface area contributed by atoms with Crippen molar-refractivity contribution in [2.45, 2.75) is 21.3 Å². The molecule has 0 unspecified atom stereocenters. The maximum absolute atomic E-state index is 13.6. The smallest absolute Gasteiger partial charge is 0.215 e. The second-order valence-corrected chi connectivity index (χ2v) is 9.49. The quantitative estimate of drug-likeness (QED) is 0.318. The Bertz CT molecular complexity index is 1040. The summed E-state index contributed by atoms with van der Waals surface area (Å²) in [5.41, 5.74) is 0. The molecular weight excluding hydrogens is 413 g/mol. The molecule has 0 saturated carbocycles. The number of halogens is 3. The van der Waals surface area contributed by atoms with Gasteiger partial charge in [0.25, 0.3) is 0 Å². The zero-order valence-electron chi connectivity index (χ0n) is 15.2. The highest BCUT2D eigenvalue weighted by Gasteiger charge is 2.19. The van der Waals surface area contributed by atoms with Crippen molar-refractivity contribution >= 4 is 22.2 Å². The predicted octanol–water partition coefficient (Wildman–Crippen LogP) is 7.22. The van der Waals surface area contributed by atoms with Crippen LogP contribution in [-0.2, 0) is 6.61 Å². The normalized spacial score (nSPS) is 11.3. The first-order valence-electron chi connectivity index (χ1n) is 8.89. The first-order valence-corrected chi connectivity index (χ1v) is 11.0. The third kappa shape index (κ3) is 4.33. The van der Waals surface area contributed by atoms with Crippen LogP contribution in [0.5, 0.6) is 5.75 Å². The van der Waals surface area contributed by atoms with Crippen LogP contribution in [-0.4, -0.2) is 0 Å². The molecule has 6 heteroatoms. The summed E-state index contributed by atoms with van der Waals surface area (Å²) in [6, 6.07) is 28.1. The molecule has 4 aromatic rings. The van der Waals surface area contributed by atoms with Gasteiger partial charge in [0.15, 0.2) is 5.82 Å². The molecule has 1 aromatic heterocycles. The molecule has 0 atom stereocenters. The van der Waals surface area contributed by atoms with Crippen LogP contribution in [0.15, 0.2) is 99.6 Å². The summed E-state index contributed by atoms with van der Waals surface area (Å²) in [5, 5.41) is -1.16. The van der Waals surface area contributed by atoms with Crippen LogP contribution in [0.4, 0.5) is 13.2 Å². The summed E-state index contributed by atoms with van der Waals surface area (Å²) in [7, 11) is -0.730. The van der Waals surface area contributed by atoms with Gasteiger partial charge in [0.2, 0.25) is 10.9 Å². The Kier molecular flexibility index (Phi) is 5.92. The number of thiol groups is 1. The van der Waals surface area contributed by atoms with Crippen LogP contribution >= 0.6 is 22.2 Å². The summed E-state index contributed by atoms with van der Waals surface area (Å²) in [5.74, 6) is -2.11. The lowest BCUT2D eigenvalue weighted by Gasteiger charge is -2.23. The molecule has 148 valence electrons. The van der Waals surface area contributed by atoms with E-state index in [-0.39, 0.29) is 11.5 Å². The Hall–Kier alpha value is -2.70. The minimum atomic E-state index is -1.44. The molecule has 0 amide bonds. The van der Waals surface area contributed by atoms with Crippen molar-refractivity contribution in [3.05, 3.63) is 107 Å². The van der Waals surface area contributed by atoms with E-state index < -0.39 is 27.7 Å². The molecule has 3 aromatic carbocycles. The molecule has 0 radical (unpaired) electrons. The molecule has 1 nitrogen and oxygen atoms in total. The Balaban J connectivity index is 1.57. The van der Waals surface area contributed by atoms with Gasteiger partial charge in [-0.1, -0.05) is 36.4 Å². The second-order valence-electron chi connectivity index (χ2n) is 6.22. The van der Waals surface area contributed by atoms with E-state index in [9.17, 15) is 13.2 Å². The van der Waals surface area contributed by atoms with Gasteiger partial charge in [0.05, 0.1) is 4.88 Å². The molecule has 0 aliphatic carbocycles. The van der Waals surface area contributed by atoms with E-state index in [1.165, 1.54) is 9.79 Å². The van der Waals surface area contributed by atoms with Crippen molar-refractivity contribution in [2.24, 2.45) is 0 Å². The lowest BCUT2D eigenvalue weighted by molar-refractivity contribution is 0.302. The van der Waals surface area contributed by atoms with E-state index >= 15 is 0 Å². The zero-order chi connectivity index (χ0) is 20.2. The van der Waals surface area contributed by atoms with Gasteiger partial charge in [-0.3, -0.25) is 0 Å². The minimum Gasteiger partial charge on any atom is -0.488 e. The van der Waals surface area contributed by atoms with Gasteiger partial charge in [0, 0.05) is 0 Å². The molecule has 0 aliphatic rings. The van der Waals surface area contributed by atoms with Crippen LogP contribution in [0.25, 0.3) is 0 Å². The molecule has 0 aliphatic heterocycles. The van der Waals surface area contributed by atoms with E-state index in [4.69, 9.17) is 4.74 Å². The molecule has 0 fully saturated rings. The maximum atomic E-state index is 13.6. The highest BCUT2D eigenvalue weighted by Crippen LogP contribution is 2.51. The Labute approximate surface area is 173 Å². The number of hydrogen-bond donors (Lipinski definition) is 1. The monoisotopic (exact) mass is 430 g/mol. The molecule has 29 heavy (non-hydrogen) atoms. The maximum Gasteiger partial charge on any atom is 0.215 e. The highest BCUT2D eigenvalue weighted by atomic mass is 32.2. The van der Waals surface area contributed by atoms with Crippen LogP contribution in [0.2, 0.25) is 0 Å². The van der Waals surface area contributed by atoms with Gasteiger partial charge in [-0.25, -0.2) is 4.39 Å². The van der Waals surface area contributed by atoms with Gasteiger partial charge in [-0.05, 0) is 63.2 Å². The first-order chi connectivity index (χ1) is 14.1. The number of benzene rings is 3. The fraction of sp³-hybridized carbons (Fsp3) is 0.0435. The van der Waals surface area contributed by atoms with E-state index in [1.807, 2.05) is 48.5 Å². The highest BCUT2D eigenvalue weighted by molar-refractivity contribution is 8.17. The lowest BCUT2D eigenvalue weighted by Crippen LogP contribution is -1.96. The van der Waals surface area contributed by atoms with Gasteiger partial charge >= 0.3 is 0 Å². The molecule has 0 saturated heterocycles. The molecular formula is C23H17F3OS2. The van der Waals surface area contributed by atoms with Crippen LogP contribution in [0, 0.1) is 16.8 Å². The van der Waals surface area contributed by atoms with Crippen LogP contribution in [0.3, 0.4) is 0 Å².